The third-order valence-corrected chi connectivity index (χ3v) is 3.49. The Kier molecular flexibility index (Phi) is 4.67. The van der Waals surface area contributed by atoms with E-state index in [4.69, 9.17) is 0 Å². The van der Waals surface area contributed by atoms with Crippen LogP contribution in [0.5, 0.6) is 0 Å². The molecule has 0 aromatic carbocycles. The zero-order chi connectivity index (χ0) is 12.1. The van der Waals surface area contributed by atoms with Crippen molar-refractivity contribution < 1.29 is 5.11 Å². The van der Waals surface area contributed by atoms with Gasteiger partial charge in [-0.25, -0.2) is 0 Å². The van der Waals surface area contributed by atoms with Crippen LogP contribution in [0.4, 0.5) is 0 Å². The molecule has 0 amide bonds. The molecule has 3 nitrogen and oxygen atoms in total. The van der Waals surface area contributed by atoms with E-state index >= 15 is 0 Å². The highest BCUT2D eigenvalue weighted by molar-refractivity contribution is 9.10. The zero-order valence-electron chi connectivity index (χ0n) is 9.14. The third-order valence-electron chi connectivity index (χ3n) is 2.36. The quantitative estimate of drug-likeness (QED) is 0.892. The number of nitrogens with zero attached hydrogens (tertiary/aromatic N) is 1. The second-order valence-electron chi connectivity index (χ2n) is 3.71. The maximum absolute atomic E-state index is 9.86. The van der Waals surface area contributed by atoms with Crippen molar-refractivity contribution in [2.24, 2.45) is 0 Å². The van der Waals surface area contributed by atoms with Gasteiger partial charge < -0.3 is 10.4 Å². The molecule has 1 atom stereocenters. The van der Waals surface area contributed by atoms with Crippen molar-refractivity contribution in [3.8, 4) is 0 Å². The second-order valence-corrected chi connectivity index (χ2v) is 5.41. The Balaban J connectivity index is 1.80. The Labute approximate surface area is 113 Å². The van der Waals surface area contributed by atoms with Crippen molar-refractivity contribution in [2.45, 2.75) is 12.6 Å². The summed E-state index contributed by atoms with van der Waals surface area (Å²) in [5.41, 5.74) is 2.06. The predicted octanol–water partition coefficient (Wildman–Crippen LogP) is 2.73. The van der Waals surface area contributed by atoms with Crippen LogP contribution in [0.1, 0.15) is 17.2 Å². The topological polar surface area (TPSA) is 45.1 Å². The standard InChI is InChI=1S/C12H13BrN2OS/c13-11-3-9(4-14-6-11)5-15-7-12(16)10-1-2-17-8-10/h1-4,6,8,12,15-16H,5,7H2. The first-order valence-corrected chi connectivity index (χ1v) is 6.99. The first-order valence-electron chi connectivity index (χ1n) is 5.26. The van der Waals surface area contributed by atoms with Crippen LogP contribution in [-0.2, 0) is 6.54 Å². The number of pyridine rings is 1. The van der Waals surface area contributed by atoms with Crippen LogP contribution in [0.25, 0.3) is 0 Å². The van der Waals surface area contributed by atoms with E-state index in [1.807, 2.05) is 29.1 Å². The normalized spacial score (nSPS) is 12.6. The minimum absolute atomic E-state index is 0.443. The van der Waals surface area contributed by atoms with Crippen molar-refractivity contribution in [2.75, 3.05) is 6.54 Å². The van der Waals surface area contributed by atoms with Gasteiger partial charge in [-0.15, -0.1) is 0 Å². The molecule has 2 aromatic heterocycles. The van der Waals surface area contributed by atoms with Gasteiger partial charge in [0.2, 0.25) is 0 Å². The molecular weight excluding hydrogens is 300 g/mol. The summed E-state index contributed by atoms with van der Waals surface area (Å²) in [7, 11) is 0. The van der Waals surface area contributed by atoms with E-state index in [9.17, 15) is 5.11 Å². The maximum atomic E-state index is 9.86. The van der Waals surface area contributed by atoms with Crippen LogP contribution in [0, 0.1) is 0 Å². The van der Waals surface area contributed by atoms with Crippen LogP contribution in [0.3, 0.4) is 0 Å². The van der Waals surface area contributed by atoms with Crippen molar-refractivity contribution in [3.05, 3.63) is 50.9 Å². The zero-order valence-corrected chi connectivity index (χ0v) is 11.5. The number of rotatable bonds is 5. The van der Waals surface area contributed by atoms with Gasteiger partial charge in [0.15, 0.2) is 0 Å². The van der Waals surface area contributed by atoms with Gasteiger partial charge in [0.1, 0.15) is 0 Å². The second kappa shape index (κ2) is 6.26. The molecule has 0 saturated carbocycles. The summed E-state index contributed by atoms with van der Waals surface area (Å²) in [5.74, 6) is 0. The Bertz CT molecular complexity index is 461. The van der Waals surface area contributed by atoms with Crippen LogP contribution < -0.4 is 5.32 Å². The summed E-state index contributed by atoms with van der Waals surface area (Å²) < 4.78 is 0.968. The Morgan fingerprint density at radius 2 is 2.35 bits per heavy atom. The van der Waals surface area contributed by atoms with E-state index in [1.54, 1.807) is 17.5 Å². The van der Waals surface area contributed by atoms with Gasteiger partial charge in [-0.2, -0.15) is 11.3 Å². The molecule has 0 fully saturated rings. The van der Waals surface area contributed by atoms with E-state index in [0.29, 0.717) is 13.1 Å². The molecule has 90 valence electrons. The molecule has 0 aliphatic carbocycles. The SMILES string of the molecule is OC(CNCc1cncc(Br)c1)c1ccsc1. The first kappa shape index (κ1) is 12.7. The molecule has 0 aliphatic heterocycles. The van der Waals surface area contributed by atoms with Gasteiger partial charge in [-0.05, 0) is 49.9 Å². The van der Waals surface area contributed by atoms with Crippen molar-refractivity contribution in [3.63, 3.8) is 0 Å². The van der Waals surface area contributed by atoms with Gasteiger partial charge in [-0.1, -0.05) is 0 Å². The van der Waals surface area contributed by atoms with Crippen LogP contribution in [0.2, 0.25) is 0 Å². The smallest absolute Gasteiger partial charge is 0.0922 e. The minimum Gasteiger partial charge on any atom is -0.387 e. The fraction of sp³-hybridized carbons (Fsp3) is 0.250. The number of thiophene rings is 1. The fourth-order valence-electron chi connectivity index (χ4n) is 1.49. The van der Waals surface area contributed by atoms with E-state index in [2.05, 4.69) is 26.2 Å². The van der Waals surface area contributed by atoms with Gasteiger partial charge in [-0.3, -0.25) is 4.98 Å². The lowest BCUT2D eigenvalue weighted by Crippen LogP contribution is -2.20. The molecular formula is C12H13BrN2OS. The molecule has 17 heavy (non-hydrogen) atoms. The number of halogens is 1. The Hall–Kier alpha value is -0.750. The summed E-state index contributed by atoms with van der Waals surface area (Å²) in [6, 6.07) is 3.95. The highest BCUT2D eigenvalue weighted by Crippen LogP contribution is 2.15. The largest absolute Gasteiger partial charge is 0.387 e. The number of aliphatic hydroxyl groups excluding tert-OH is 1. The Morgan fingerprint density at radius 3 is 3.06 bits per heavy atom. The van der Waals surface area contributed by atoms with Crippen molar-refractivity contribution in [1.82, 2.24) is 10.3 Å². The third kappa shape index (κ3) is 3.89. The van der Waals surface area contributed by atoms with Crippen LogP contribution in [0.15, 0.2) is 39.8 Å². The van der Waals surface area contributed by atoms with Crippen molar-refractivity contribution >= 4 is 27.3 Å². The van der Waals surface area contributed by atoms with E-state index < -0.39 is 6.10 Å². The summed E-state index contributed by atoms with van der Waals surface area (Å²) in [6.07, 6.45) is 3.12. The number of aromatic nitrogens is 1. The first-order chi connectivity index (χ1) is 8.25. The molecule has 0 aliphatic rings. The summed E-state index contributed by atoms with van der Waals surface area (Å²) in [4.78, 5) is 4.08. The predicted molar refractivity (Wildman–Crippen MR) is 72.9 cm³/mol. The van der Waals surface area contributed by atoms with Gasteiger partial charge in [0, 0.05) is 30.0 Å². The molecule has 1 unspecified atom stereocenters. The lowest BCUT2D eigenvalue weighted by molar-refractivity contribution is 0.175. The molecule has 2 rings (SSSR count). The molecule has 0 radical (unpaired) electrons. The summed E-state index contributed by atoms with van der Waals surface area (Å²) in [5, 5.41) is 17.0. The average molecular weight is 313 g/mol. The van der Waals surface area contributed by atoms with Gasteiger partial charge in [0.05, 0.1) is 6.10 Å². The molecule has 5 heteroatoms. The molecule has 2 N–H and O–H groups in total. The minimum atomic E-state index is -0.443. The highest BCUT2D eigenvalue weighted by atomic mass is 79.9. The number of hydrogen-bond donors (Lipinski definition) is 2. The number of hydrogen-bond acceptors (Lipinski definition) is 4. The van der Waals surface area contributed by atoms with Crippen molar-refractivity contribution in [1.29, 1.82) is 0 Å². The lowest BCUT2D eigenvalue weighted by atomic mass is 10.2. The Morgan fingerprint density at radius 1 is 1.47 bits per heavy atom. The van der Waals surface area contributed by atoms with Crippen LogP contribution >= 0.6 is 27.3 Å². The summed E-state index contributed by atoms with van der Waals surface area (Å²) >= 11 is 4.97. The van der Waals surface area contributed by atoms with Crippen LogP contribution in [-0.4, -0.2) is 16.6 Å². The van der Waals surface area contributed by atoms with E-state index in [-0.39, 0.29) is 0 Å². The molecule has 0 saturated heterocycles. The van der Waals surface area contributed by atoms with E-state index in [0.717, 1.165) is 15.6 Å². The number of aliphatic hydroxyl groups is 1. The van der Waals surface area contributed by atoms with Gasteiger partial charge >= 0.3 is 0 Å². The molecule has 0 spiro atoms. The molecule has 2 aromatic rings. The number of nitrogens with one attached hydrogen (secondary N) is 1. The lowest BCUT2D eigenvalue weighted by Gasteiger charge is -2.10. The maximum Gasteiger partial charge on any atom is 0.0922 e. The summed E-state index contributed by atoms with van der Waals surface area (Å²) in [6.45, 7) is 1.25. The van der Waals surface area contributed by atoms with E-state index in [1.165, 1.54) is 0 Å². The highest BCUT2D eigenvalue weighted by Gasteiger charge is 2.06. The van der Waals surface area contributed by atoms with Gasteiger partial charge in [0.25, 0.3) is 0 Å². The molecule has 2 heterocycles. The monoisotopic (exact) mass is 312 g/mol. The average Bonchev–Trinajstić information content (AvgIpc) is 2.82. The molecule has 0 bridgehead atoms. The fourth-order valence-corrected chi connectivity index (χ4v) is 2.61.